The number of rotatable bonds is 5. The second-order valence-electron chi connectivity index (χ2n) is 2.47. The maximum absolute atomic E-state index is 12.9. The molecule has 0 aromatic carbocycles. The third-order valence-corrected chi connectivity index (χ3v) is 5.11. The zero-order valence-electron chi connectivity index (χ0n) is 8.00. The summed E-state index contributed by atoms with van der Waals surface area (Å²) in [5, 5.41) is 0. The molecule has 0 N–H and O–H groups in total. The van der Waals surface area contributed by atoms with Crippen molar-refractivity contribution in [3.63, 3.8) is 0 Å². The van der Waals surface area contributed by atoms with Crippen LogP contribution in [-0.2, 0) is 8.85 Å². The molecule has 0 amide bonds. The van der Waals surface area contributed by atoms with Gasteiger partial charge in [0.15, 0.2) is 0 Å². The third-order valence-electron chi connectivity index (χ3n) is 1.39. The SMILES string of the molecule is CCO[Si](Cl)(OCC)C(F)(F)C(F)(F)F. The summed E-state index contributed by atoms with van der Waals surface area (Å²) in [5.41, 5.74) is -5.15. The highest BCUT2D eigenvalue weighted by molar-refractivity contribution is 7.14. The number of hydrogen-bond acceptors (Lipinski definition) is 2. The van der Waals surface area contributed by atoms with E-state index in [1.807, 2.05) is 0 Å². The maximum Gasteiger partial charge on any atom is 0.528 e. The fourth-order valence-electron chi connectivity index (χ4n) is 0.764. The highest BCUT2D eigenvalue weighted by atomic mass is 35.6. The first-order valence-electron chi connectivity index (χ1n) is 4.03. The van der Waals surface area contributed by atoms with Crippen LogP contribution in [0.25, 0.3) is 0 Å². The zero-order valence-corrected chi connectivity index (χ0v) is 9.75. The molecule has 0 aromatic rings. The van der Waals surface area contributed by atoms with Crippen molar-refractivity contribution < 1.29 is 30.8 Å². The average molecular weight is 273 g/mol. The summed E-state index contributed by atoms with van der Waals surface area (Å²) >= 11 is 5.14. The zero-order chi connectivity index (χ0) is 12.3. The molecule has 0 aliphatic carbocycles. The van der Waals surface area contributed by atoms with Gasteiger partial charge in [0, 0.05) is 13.2 Å². The van der Waals surface area contributed by atoms with Gasteiger partial charge in [-0.25, -0.2) is 0 Å². The predicted octanol–water partition coefficient (Wildman–Crippen LogP) is 2.97. The van der Waals surface area contributed by atoms with E-state index in [-0.39, 0.29) is 13.2 Å². The van der Waals surface area contributed by atoms with E-state index in [0.717, 1.165) is 0 Å². The van der Waals surface area contributed by atoms with Gasteiger partial charge in [-0.3, -0.25) is 0 Å². The average Bonchev–Trinajstić information content (AvgIpc) is 2.02. The number of halogens is 6. The van der Waals surface area contributed by atoms with Gasteiger partial charge in [0.05, 0.1) is 0 Å². The third kappa shape index (κ3) is 3.02. The lowest BCUT2D eigenvalue weighted by molar-refractivity contribution is -0.257. The highest BCUT2D eigenvalue weighted by Gasteiger charge is 2.76. The van der Waals surface area contributed by atoms with Crippen LogP contribution in [-0.4, -0.2) is 32.8 Å². The number of hydrogen-bond donors (Lipinski definition) is 0. The highest BCUT2D eigenvalue weighted by Crippen LogP contribution is 2.45. The Morgan fingerprint density at radius 2 is 1.33 bits per heavy atom. The molecule has 0 heterocycles. The van der Waals surface area contributed by atoms with E-state index >= 15 is 0 Å². The first kappa shape index (κ1) is 15.1. The molecule has 0 spiro atoms. The molecular formula is C6H10ClF5O2Si. The van der Waals surface area contributed by atoms with Crippen molar-refractivity contribution in [3.05, 3.63) is 0 Å². The quantitative estimate of drug-likeness (QED) is 0.435. The minimum atomic E-state index is -5.77. The molecule has 15 heavy (non-hydrogen) atoms. The Bertz CT molecular complexity index is 204. The van der Waals surface area contributed by atoms with Crippen molar-refractivity contribution in [1.82, 2.24) is 0 Å². The molecule has 2 nitrogen and oxygen atoms in total. The lowest BCUT2D eigenvalue weighted by Gasteiger charge is -2.31. The van der Waals surface area contributed by atoms with Crippen molar-refractivity contribution in [3.8, 4) is 0 Å². The molecular weight excluding hydrogens is 263 g/mol. The fourth-order valence-corrected chi connectivity index (χ4v) is 3.27. The van der Waals surface area contributed by atoms with Crippen molar-refractivity contribution in [2.45, 2.75) is 25.6 Å². The molecule has 0 fully saturated rings. The molecule has 9 heteroatoms. The van der Waals surface area contributed by atoms with Gasteiger partial charge in [0.1, 0.15) is 0 Å². The largest absolute Gasteiger partial charge is 0.528 e. The molecule has 0 atom stereocenters. The van der Waals surface area contributed by atoms with E-state index in [2.05, 4.69) is 8.85 Å². The normalized spacial score (nSPS) is 14.4. The number of alkyl halides is 5. The molecule has 0 bridgehead atoms. The van der Waals surface area contributed by atoms with Gasteiger partial charge in [-0.2, -0.15) is 22.0 Å². The van der Waals surface area contributed by atoms with E-state index in [4.69, 9.17) is 11.1 Å². The van der Waals surface area contributed by atoms with Crippen LogP contribution >= 0.6 is 11.1 Å². The van der Waals surface area contributed by atoms with Gasteiger partial charge < -0.3 is 8.85 Å². The summed E-state index contributed by atoms with van der Waals surface area (Å²) in [6, 6.07) is 0. The fraction of sp³-hybridized carbons (Fsp3) is 1.00. The first-order chi connectivity index (χ1) is 6.62. The molecule has 0 rings (SSSR count). The van der Waals surface area contributed by atoms with Crippen LogP contribution in [0.3, 0.4) is 0 Å². The van der Waals surface area contributed by atoms with Crippen molar-refractivity contribution >= 4 is 18.9 Å². The lowest BCUT2D eigenvalue weighted by atomic mass is 10.7. The van der Waals surface area contributed by atoms with Gasteiger partial charge >= 0.3 is 19.6 Å². The molecule has 0 saturated carbocycles. The first-order valence-corrected chi connectivity index (χ1v) is 6.86. The van der Waals surface area contributed by atoms with Gasteiger partial charge in [0.25, 0.3) is 0 Å². The maximum atomic E-state index is 12.9. The van der Waals surface area contributed by atoms with Gasteiger partial charge in [0.2, 0.25) is 0 Å². The lowest BCUT2D eigenvalue weighted by Crippen LogP contribution is -2.61. The molecule has 0 saturated heterocycles. The van der Waals surface area contributed by atoms with Crippen LogP contribution in [0, 0.1) is 0 Å². The Morgan fingerprint density at radius 1 is 1.00 bits per heavy atom. The minimum absolute atomic E-state index is 0.374. The second kappa shape index (κ2) is 4.94. The van der Waals surface area contributed by atoms with Crippen LogP contribution in [0.5, 0.6) is 0 Å². The molecule has 0 aliphatic rings. The molecule has 92 valence electrons. The molecule has 0 aliphatic heterocycles. The molecule has 0 unspecified atom stereocenters. The monoisotopic (exact) mass is 272 g/mol. The van der Waals surface area contributed by atoms with E-state index in [9.17, 15) is 22.0 Å². The van der Waals surface area contributed by atoms with Crippen LogP contribution in [0.1, 0.15) is 13.8 Å². The summed E-state index contributed by atoms with van der Waals surface area (Å²) in [5.74, 6) is 0. The van der Waals surface area contributed by atoms with Crippen molar-refractivity contribution in [2.24, 2.45) is 0 Å². The summed E-state index contributed by atoms with van der Waals surface area (Å²) in [6.45, 7) is 1.77. The molecule has 0 aromatic heterocycles. The Kier molecular flexibility index (Phi) is 4.96. The molecule has 0 radical (unpaired) electrons. The van der Waals surface area contributed by atoms with Crippen molar-refractivity contribution in [1.29, 1.82) is 0 Å². The van der Waals surface area contributed by atoms with Crippen LogP contribution < -0.4 is 0 Å². The van der Waals surface area contributed by atoms with Gasteiger partial charge in [-0.15, -0.1) is 0 Å². The smallest absolute Gasteiger partial charge is 0.380 e. The van der Waals surface area contributed by atoms with Crippen LogP contribution in [0.2, 0.25) is 0 Å². The summed E-state index contributed by atoms with van der Waals surface area (Å²) in [6.07, 6.45) is -5.77. The Morgan fingerprint density at radius 3 is 1.53 bits per heavy atom. The van der Waals surface area contributed by atoms with E-state index in [1.165, 1.54) is 13.8 Å². The van der Waals surface area contributed by atoms with E-state index in [1.54, 1.807) is 0 Å². The summed E-state index contributed by atoms with van der Waals surface area (Å²) in [4.78, 5) is 0. The van der Waals surface area contributed by atoms with Gasteiger partial charge in [-0.1, -0.05) is 11.1 Å². The van der Waals surface area contributed by atoms with Crippen molar-refractivity contribution in [2.75, 3.05) is 13.2 Å². The Balaban J connectivity index is 5.05. The summed E-state index contributed by atoms with van der Waals surface area (Å²) in [7, 11) is -5.10. The predicted molar refractivity (Wildman–Crippen MR) is 45.9 cm³/mol. The topological polar surface area (TPSA) is 18.5 Å². The standard InChI is InChI=1S/C6H10ClF5O2Si/c1-3-13-15(7,14-4-2)6(11,12)5(8,9)10/h3-4H2,1-2H3. The Hall–Kier alpha value is 0.0769. The minimum Gasteiger partial charge on any atom is -0.380 e. The van der Waals surface area contributed by atoms with E-state index in [0.29, 0.717) is 0 Å². The Labute approximate surface area is 89.3 Å². The summed E-state index contributed by atoms with van der Waals surface area (Å²) < 4.78 is 70.4. The van der Waals surface area contributed by atoms with Gasteiger partial charge in [-0.05, 0) is 13.8 Å². The van der Waals surface area contributed by atoms with Crippen LogP contribution in [0.4, 0.5) is 22.0 Å². The van der Waals surface area contributed by atoms with Crippen LogP contribution in [0.15, 0.2) is 0 Å². The van der Waals surface area contributed by atoms with E-state index < -0.39 is 19.6 Å². The second-order valence-corrected chi connectivity index (χ2v) is 6.25.